The van der Waals surface area contributed by atoms with Crippen LogP contribution in [0.4, 0.5) is 0 Å². The number of nitrogens with one attached hydrogen (secondary N) is 1. The van der Waals surface area contributed by atoms with E-state index in [1.54, 1.807) is 0 Å². The summed E-state index contributed by atoms with van der Waals surface area (Å²) in [6, 6.07) is 3.31. The fourth-order valence-electron chi connectivity index (χ4n) is 2.83. The fourth-order valence-corrected chi connectivity index (χ4v) is 2.83. The number of hydrogen-bond donors (Lipinski definition) is 1. The number of aryl methyl sites for hydroxylation is 1. The predicted octanol–water partition coefficient (Wildman–Crippen LogP) is 2.20. The Kier molecular flexibility index (Phi) is 4.07. The highest BCUT2D eigenvalue weighted by molar-refractivity contribution is 5.85. The first-order valence-electron chi connectivity index (χ1n) is 6.09. The molecule has 4 nitrogen and oxygen atoms in total. The number of ether oxygens (including phenoxy) is 1. The van der Waals surface area contributed by atoms with E-state index in [2.05, 4.69) is 10.5 Å². The second-order valence-electron chi connectivity index (χ2n) is 4.97. The standard InChI is InChI=1S/C12H18N2O2.ClH/c1-8-4-11(14-16-8)7-15-12-5-9-2-3-10(6-12)13-9;/h4,9-10,12-13H,2-3,5-7H2,1H3;1H/t9-,10+,12+;. The van der Waals surface area contributed by atoms with Gasteiger partial charge in [0.25, 0.3) is 0 Å². The van der Waals surface area contributed by atoms with Crippen molar-refractivity contribution >= 4 is 12.4 Å². The van der Waals surface area contributed by atoms with Crippen LogP contribution in [0.5, 0.6) is 0 Å². The average molecular weight is 259 g/mol. The molecular weight excluding hydrogens is 240 g/mol. The van der Waals surface area contributed by atoms with Crippen LogP contribution in [0.1, 0.15) is 37.1 Å². The molecule has 0 saturated carbocycles. The van der Waals surface area contributed by atoms with Gasteiger partial charge < -0.3 is 14.6 Å². The van der Waals surface area contributed by atoms with E-state index >= 15 is 0 Å². The maximum absolute atomic E-state index is 5.90. The van der Waals surface area contributed by atoms with Crippen LogP contribution in [0, 0.1) is 6.92 Å². The van der Waals surface area contributed by atoms with E-state index in [1.165, 1.54) is 12.8 Å². The lowest BCUT2D eigenvalue weighted by atomic mass is 10.0. The van der Waals surface area contributed by atoms with Gasteiger partial charge >= 0.3 is 0 Å². The van der Waals surface area contributed by atoms with E-state index < -0.39 is 0 Å². The summed E-state index contributed by atoms with van der Waals surface area (Å²) in [4.78, 5) is 0. The highest BCUT2D eigenvalue weighted by Gasteiger charge is 2.33. The summed E-state index contributed by atoms with van der Waals surface area (Å²) in [6.07, 6.45) is 5.32. The van der Waals surface area contributed by atoms with Gasteiger partial charge in [-0.05, 0) is 32.6 Å². The van der Waals surface area contributed by atoms with Crippen LogP contribution < -0.4 is 5.32 Å². The molecule has 2 fully saturated rings. The highest BCUT2D eigenvalue weighted by atomic mass is 35.5. The molecule has 0 aliphatic carbocycles. The zero-order valence-corrected chi connectivity index (χ0v) is 10.8. The van der Waals surface area contributed by atoms with Crippen molar-refractivity contribution in [2.75, 3.05) is 0 Å². The zero-order chi connectivity index (χ0) is 11.0. The quantitative estimate of drug-likeness (QED) is 0.903. The minimum Gasteiger partial charge on any atom is -0.372 e. The minimum absolute atomic E-state index is 0. The van der Waals surface area contributed by atoms with E-state index in [0.717, 1.165) is 24.3 Å². The molecule has 0 aromatic carbocycles. The maximum atomic E-state index is 5.90. The molecule has 96 valence electrons. The Hall–Kier alpha value is -0.580. The molecule has 17 heavy (non-hydrogen) atoms. The van der Waals surface area contributed by atoms with Crippen molar-refractivity contribution in [2.45, 2.75) is 57.4 Å². The van der Waals surface area contributed by atoms with Gasteiger partial charge in [0, 0.05) is 18.2 Å². The first-order valence-corrected chi connectivity index (χ1v) is 6.09. The summed E-state index contributed by atoms with van der Waals surface area (Å²) < 4.78 is 10.9. The molecule has 2 aliphatic heterocycles. The summed E-state index contributed by atoms with van der Waals surface area (Å²) >= 11 is 0. The molecule has 0 unspecified atom stereocenters. The third-order valence-electron chi connectivity index (χ3n) is 3.57. The Morgan fingerprint density at radius 1 is 1.41 bits per heavy atom. The topological polar surface area (TPSA) is 47.3 Å². The van der Waals surface area contributed by atoms with Gasteiger partial charge in [-0.25, -0.2) is 0 Å². The fraction of sp³-hybridized carbons (Fsp3) is 0.750. The third-order valence-corrected chi connectivity index (χ3v) is 3.57. The number of halogens is 1. The maximum Gasteiger partial charge on any atom is 0.134 e. The Balaban J connectivity index is 0.00000108. The van der Waals surface area contributed by atoms with Crippen molar-refractivity contribution in [3.63, 3.8) is 0 Å². The summed E-state index contributed by atoms with van der Waals surface area (Å²) in [5.74, 6) is 0.851. The molecule has 1 N–H and O–H groups in total. The van der Waals surface area contributed by atoms with Gasteiger partial charge in [-0.2, -0.15) is 0 Å². The highest BCUT2D eigenvalue weighted by Crippen LogP contribution is 2.28. The van der Waals surface area contributed by atoms with Crippen LogP contribution in [0.15, 0.2) is 10.6 Å². The number of aromatic nitrogens is 1. The minimum atomic E-state index is 0. The van der Waals surface area contributed by atoms with Crippen molar-refractivity contribution in [3.05, 3.63) is 17.5 Å². The second kappa shape index (κ2) is 5.38. The van der Waals surface area contributed by atoms with Crippen molar-refractivity contribution in [1.29, 1.82) is 0 Å². The summed E-state index contributed by atoms with van der Waals surface area (Å²) in [5.41, 5.74) is 0.906. The first-order chi connectivity index (χ1) is 7.79. The van der Waals surface area contributed by atoms with Crippen LogP contribution in [-0.4, -0.2) is 23.3 Å². The van der Waals surface area contributed by atoms with Gasteiger partial charge in [0.1, 0.15) is 11.5 Å². The van der Waals surface area contributed by atoms with E-state index in [4.69, 9.17) is 9.26 Å². The van der Waals surface area contributed by atoms with Crippen molar-refractivity contribution in [3.8, 4) is 0 Å². The lowest BCUT2D eigenvalue weighted by Gasteiger charge is -2.28. The largest absolute Gasteiger partial charge is 0.372 e. The molecule has 0 spiro atoms. The normalized spacial score (nSPS) is 31.2. The number of fused-ring (bicyclic) bond motifs is 2. The molecular formula is C12H19ClN2O2. The predicted molar refractivity (Wildman–Crippen MR) is 66.2 cm³/mol. The molecule has 0 radical (unpaired) electrons. The van der Waals surface area contributed by atoms with E-state index in [9.17, 15) is 0 Å². The lowest BCUT2D eigenvalue weighted by molar-refractivity contribution is 0.00668. The van der Waals surface area contributed by atoms with E-state index in [-0.39, 0.29) is 12.4 Å². The van der Waals surface area contributed by atoms with Gasteiger partial charge in [0.05, 0.1) is 12.7 Å². The number of hydrogen-bond acceptors (Lipinski definition) is 4. The van der Waals surface area contributed by atoms with Gasteiger partial charge in [0.15, 0.2) is 0 Å². The van der Waals surface area contributed by atoms with Crippen molar-refractivity contribution in [1.82, 2.24) is 10.5 Å². The molecule has 2 bridgehead atoms. The third kappa shape index (κ3) is 3.00. The Morgan fingerprint density at radius 3 is 2.71 bits per heavy atom. The van der Waals surface area contributed by atoms with Gasteiger partial charge in [-0.15, -0.1) is 12.4 Å². The summed E-state index contributed by atoms with van der Waals surface area (Å²) in [7, 11) is 0. The summed E-state index contributed by atoms with van der Waals surface area (Å²) in [6.45, 7) is 2.49. The van der Waals surface area contributed by atoms with Crippen LogP contribution in [-0.2, 0) is 11.3 Å². The number of rotatable bonds is 3. The lowest BCUT2D eigenvalue weighted by Crippen LogP contribution is -2.41. The Bertz CT molecular complexity index is 357. The summed E-state index contributed by atoms with van der Waals surface area (Å²) in [5, 5.41) is 7.55. The van der Waals surface area contributed by atoms with Crippen molar-refractivity contribution < 1.29 is 9.26 Å². The van der Waals surface area contributed by atoms with Crippen LogP contribution in [0.3, 0.4) is 0 Å². The first kappa shape index (κ1) is 12.9. The molecule has 3 rings (SSSR count). The monoisotopic (exact) mass is 258 g/mol. The Morgan fingerprint density at radius 2 is 2.12 bits per heavy atom. The second-order valence-corrected chi connectivity index (χ2v) is 4.97. The SMILES string of the molecule is Cc1cc(CO[C@H]2C[C@H]3CC[C@@H](C2)N3)no1.Cl. The van der Waals surface area contributed by atoms with Gasteiger partial charge in [-0.3, -0.25) is 0 Å². The molecule has 1 aromatic heterocycles. The van der Waals surface area contributed by atoms with Gasteiger partial charge in [0.2, 0.25) is 0 Å². The van der Waals surface area contributed by atoms with Crippen LogP contribution in [0.2, 0.25) is 0 Å². The number of nitrogens with zero attached hydrogens (tertiary/aromatic N) is 1. The Labute approximate surface area is 107 Å². The average Bonchev–Trinajstić information content (AvgIpc) is 2.83. The number of piperidine rings is 1. The smallest absolute Gasteiger partial charge is 0.134 e. The molecule has 2 aliphatic rings. The molecule has 2 saturated heterocycles. The molecule has 0 amide bonds. The van der Waals surface area contributed by atoms with Gasteiger partial charge in [-0.1, -0.05) is 5.16 Å². The molecule has 1 aromatic rings. The van der Waals surface area contributed by atoms with Crippen LogP contribution in [0.25, 0.3) is 0 Å². The zero-order valence-electron chi connectivity index (χ0n) is 10.0. The molecule has 5 heteroatoms. The van der Waals surface area contributed by atoms with Crippen LogP contribution >= 0.6 is 12.4 Å². The van der Waals surface area contributed by atoms with E-state index in [0.29, 0.717) is 24.8 Å². The van der Waals surface area contributed by atoms with E-state index in [1.807, 2.05) is 13.0 Å². The molecule has 3 atom stereocenters. The van der Waals surface area contributed by atoms with Crippen molar-refractivity contribution in [2.24, 2.45) is 0 Å². The molecule has 3 heterocycles.